The Labute approximate surface area is 148 Å². The van der Waals surface area contributed by atoms with Gasteiger partial charge in [0.2, 0.25) is 0 Å². The summed E-state index contributed by atoms with van der Waals surface area (Å²) in [7, 11) is 0. The minimum atomic E-state index is -2.92. The Bertz CT molecular complexity index is 777. The van der Waals surface area contributed by atoms with Gasteiger partial charge in [0.15, 0.2) is 5.69 Å². The second kappa shape index (κ2) is 8.37. The Morgan fingerprint density at radius 3 is 2.50 bits per heavy atom. The van der Waals surface area contributed by atoms with Crippen LogP contribution in [0.5, 0.6) is 5.75 Å². The van der Waals surface area contributed by atoms with Crippen molar-refractivity contribution in [3.8, 4) is 11.4 Å². The van der Waals surface area contributed by atoms with E-state index in [0.29, 0.717) is 17.8 Å². The van der Waals surface area contributed by atoms with E-state index in [9.17, 15) is 18.4 Å². The van der Waals surface area contributed by atoms with Gasteiger partial charge in [0.25, 0.3) is 5.91 Å². The lowest BCUT2D eigenvalue weighted by Gasteiger charge is -2.18. The van der Waals surface area contributed by atoms with Gasteiger partial charge in [-0.1, -0.05) is 12.1 Å². The molecule has 0 bridgehead atoms. The highest BCUT2D eigenvalue weighted by Gasteiger charge is 2.24. The number of ether oxygens (including phenoxy) is 1. The van der Waals surface area contributed by atoms with Crippen LogP contribution < -0.4 is 4.74 Å². The Balaban J connectivity index is 2.25. The molecule has 140 valence electrons. The fourth-order valence-electron chi connectivity index (χ4n) is 2.38. The molecule has 1 aromatic heterocycles. The van der Waals surface area contributed by atoms with Crippen molar-refractivity contribution >= 4 is 11.9 Å². The van der Waals surface area contributed by atoms with Crippen LogP contribution in [-0.2, 0) is 4.79 Å². The first-order valence-electron chi connectivity index (χ1n) is 7.82. The zero-order chi connectivity index (χ0) is 19.3. The van der Waals surface area contributed by atoms with Crippen molar-refractivity contribution in [1.82, 2.24) is 19.9 Å². The summed E-state index contributed by atoms with van der Waals surface area (Å²) in [6.45, 7) is 0.365. The molecule has 0 atom stereocenters. The number of carbonyl (C=O) groups is 2. The molecule has 8 nitrogen and oxygen atoms in total. The zero-order valence-electron chi connectivity index (χ0n) is 14.2. The van der Waals surface area contributed by atoms with Crippen LogP contribution in [0.3, 0.4) is 0 Å². The molecule has 0 fully saturated rings. The number of carboxylic acids is 1. The van der Waals surface area contributed by atoms with Gasteiger partial charge in [0.1, 0.15) is 12.3 Å². The van der Waals surface area contributed by atoms with E-state index in [1.165, 1.54) is 33.8 Å². The van der Waals surface area contributed by atoms with Gasteiger partial charge in [-0.15, -0.1) is 5.10 Å². The second-order valence-corrected chi connectivity index (χ2v) is 5.43. The van der Waals surface area contributed by atoms with Crippen LogP contribution in [0, 0.1) is 6.92 Å². The van der Waals surface area contributed by atoms with Gasteiger partial charge in [-0.25, -0.2) is 4.68 Å². The van der Waals surface area contributed by atoms with Crippen molar-refractivity contribution in [3.05, 3.63) is 35.7 Å². The Kier molecular flexibility index (Phi) is 6.21. The van der Waals surface area contributed by atoms with Crippen molar-refractivity contribution < 1.29 is 28.2 Å². The smallest absolute Gasteiger partial charge is 0.387 e. The minimum absolute atomic E-state index is 0.00611. The molecular formula is C16H18F2N4O4. The molecule has 0 aliphatic carbocycles. The highest BCUT2D eigenvalue weighted by molar-refractivity contribution is 5.95. The van der Waals surface area contributed by atoms with Gasteiger partial charge < -0.3 is 14.7 Å². The quantitative estimate of drug-likeness (QED) is 0.766. The van der Waals surface area contributed by atoms with Gasteiger partial charge in [-0.2, -0.15) is 8.78 Å². The van der Waals surface area contributed by atoms with Crippen molar-refractivity contribution in [3.63, 3.8) is 0 Å². The number of halogens is 2. The first kappa shape index (κ1) is 19.3. The van der Waals surface area contributed by atoms with E-state index < -0.39 is 25.0 Å². The minimum Gasteiger partial charge on any atom is -0.480 e. The number of alkyl halides is 2. The molecule has 1 heterocycles. The highest BCUT2D eigenvalue weighted by Crippen LogP contribution is 2.19. The molecule has 10 heteroatoms. The molecule has 1 aromatic carbocycles. The molecule has 1 amide bonds. The van der Waals surface area contributed by atoms with Crippen LogP contribution >= 0.6 is 0 Å². The van der Waals surface area contributed by atoms with Crippen LogP contribution in [-0.4, -0.2) is 56.6 Å². The molecular weight excluding hydrogens is 350 g/mol. The Morgan fingerprint density at radius 1 is 1.31 bits per heavy atom. The summed E-state index contributed by atoms with van der Waals surface area (Å²) < 4.78 is 30.0. The van der Waals surface area contributed by atoms with E-state index in [1.54, 1.807) is 6.92 Å². The van der Waals surface area contributed by atoms with Gasteiger partial charge in [-0.05, 0) is 37.6 Å². The van der Waals surface area contributed by atoms with E-state index in [1.807, 2.05) is 6.92 Å². The number of carboxylic acid groups (broad SMARTS) is 1. The zero-order valence-corrected chi connectivity index (χ0v) is 14.2. The lowest BCUT2D eigenvalue weighted by Crippen LogP contribution is -2.36. The number of hydrogen-bond donors (Lipinski definition) is 1. The van der Waals surface area contributed by atoms with Gasteiger partial charge in [0, 0.05) is 6.54 Å². The van der Waals surface area contributed by atoms with Crippen LogP contribution in [0.2, 0.25) is 0 Å². The van der Waals surface area contributed by atoms with E-state index in [0.717, 1.165) is 0 Å². The van der Waals surface area contributed by atoms with E-state index in [-0.39, 0.29) is 18.0 Å². The van der Waals surface area contributed by atoms with Crippen molar-refractivity contribution in [1.29, 1.82) is 0 Å². The average molecular weight is 368 g/mol. The molecule has 2 aromatic rings. The molecule has 0 saturated heterocycles. The third-order valence-electron chi connectivity index (χ3n) is 3.51. The van der Waals surface area contributed by atoms with Crippen LogP contribution in [0.25, 0.3) is 5.69 Å². The molecule has 2 rings (SSSR count). The molecule has 26 heavy (non-hydrogen) atoms. The first-order valence-corrected chi connectivity index (χ1v) is 7.82. The summed E-state index contributed by atoms with van der Waals surface area (Å²) in [6, 6.07) is 5.68. The summed E-state index contributed by atoms with van der Waals surface area (Å²) in [5.74, 6) is -1.66. The standard InChI is InChI=1S/C16H18F2N4O4/c1-3-8-21(9-13(23)24)15(25)14-10(2)22(20-19-14)11-4-6-12(7-5-11)26-16(17)18/h4-7,16H,3,8-9H2,1-2H3,(H,23,24). The number of aliphatic carboxylic acids is 1. The topological polar surface area (TPSA) is 97.5 Å². The second-order valence-electron chi connectivity index (χ2n) is 5.43. The number of hydrogen-bond acceptors (Lipinski definition) is 5. The van der Waals surface area contributed by atoms with Crippen LogP contribution in [0.15, 0.2) is 24.3 Å². The summed E-state index contributed by atoms with van der Waals surface area (Å²) in [4.78, 5) is 24.7. The summed E-state index contributed by atoms with van der Waals surface area (Å²) in [6.07, 6.45) is 0.595. The monoisotopic (exact) mass is 368 g/mol. The fourth-order valence-corrected chi connectivity index (χ4v) is 2.38. The summed E-state index contributed by atoms with van der Waals surface area (Å²) in [5, 5.41) is 16.7. The molecule has 1 N–H and O–H groups in total. The number of rotatable bonds is 8. The maximum absolute atomic E-state index is 12.6. The predicted molar refractivity (Wildman–Crippen MR) is 86.6 cm³/mol. The largest absolute Gasteiger partial charge is 0.480 e. The fraction of sp³-hybridized carbons (Fsp3) is 0.375. The highest BCUT2D eigenvalue weighted by atomic mass is 19.3. The van der Waals surface area contributed by atoms with Crippen LogP contribution in [0.4, 0.5) is 8.78 Å². The molecule has 0 aliphatic heterocycles. The predicted octanol–water partition coefficient (Wildman–Crippen LogP) is 2.11. The Hall–Kier alpha value is -3.04. The van der Waals surface area contributed by atoms with Gasteiger partial charge in [0.05, 0.1) is 11.4 Å². The summed E-state index contributed by atoms with van der Waals surface area (Å²) in [5.41, 5.74) is 0.938. The maximum atomic E-state index is 12.6. The van der Waals surface area contributed by atoms with Gasteiger partial charge in [-0.3, -0.25) is 9.59 Å². The number of aromatic nitrogens is 3. The van der Waals surface area contributed by atoms with Crippen molar-refractivity contribution in [2.45, 2.75) is 26.9 Å². The summed E-state index contributed by atoms with van der Waals surface area (Å²) >= 11 is 0. The SMILES string of the molecule is CCCN(CC(=O)O)C(=O)c1nnn(-c2ccc(OC(F)F)cc2)c1C. The molecule has 0 spiro atoms. The molecule has 0 unspecified atom stereocenters. The molecule has 0 saturated carbocycles. The van der Waals surface area contributed by atoms with E-state index in [2.05, 4.69) is 15.0 Å². The average Bonchev–Trinajstić information content (AvgIpc) is 2.95. The first-order chi connectivity index (χ1) is 12.3. The molecule has 0 aliphatic rings. The van der Waals surface area contributed by atoms with Crippen molar-refractivity contribution in [2.24, 2.45) is 0 Å². The third-order valence-corrected chi connectivity index (χ3v) is 3.51. The molecule has 0 radical (unpaired) electrons. The van der Waals surface area contributed by atoms with E-state index >= 15 is 0 Å². The van der Waals surface area contributed by atoms with E-state index in [4.69, 9.17) is 5.11 Å². The number of amides is 1. The lowest BCUT2D eigenvalue weighted by molar-refractivity contribution is -0.137. The van der Waals surface area contributed by atoms with Crippen LogP contribution in [0.1, 0.15) is 29.5 Å². The maximum Gasteiger partial charge on any atom is 0.387 e. The normalized spacial score (nSPS) is 10.8. The number of nitrogens with zero attached hydrogens (tertiary/aromatic N) is 4. The van der Waals surface area contributed by atoms with Gasteiger partial charge >= 0.3 is 12.6 Å². The Morgan fingerprint density at radius 2 is 1.96 bits per heavy atom. The number of carbonyl (C=O) groups excluding carboxylic acids is 1. The van der Waals surface area contributed by atoms with Crippen molar-refractivity contribution in [2.75, 3.05) is 13.1 Å². The lowest BCUT2D eigenvalue weighted by atomic mass is 10.2. The third kappa shape index (κ3) is 4.52. The number of benzene rings is 1.